The fourth-order valence-electron chi connectivity index (χ4n) is 2.45. The normalized spacial score (nSPS) is 11.5. The van der Waals surface area contributed by atoms with Crippen LogP contribution in [-0.4, -0.2) is 11.6 Å². The molecule has 3 rings (SSSR count). The summed E-state index contributed by atoms with van der Waals surface area (Å²) in [6.07, 6.45) is 0.270. The molecule has 4 heteroatoms. The van der Waals surface area contributed by atoms with E-state index in [2.05, 4.69) is 34.8 Å². The van der Waals surface area contributed by atoms with Crippen LogP contribution in [0.15, 0.2) is 71.8 Å². The molecule has 0 unspecified atom stereocenters. The first-order valence-corrected chi connectivity index (χ1v) is 8.06. The highest BCUT2D eigenvalue weighted by molar-refractivity contribution is 6.30. The van der Waals surface area contributed by atoms with Crippen molar-refractivity contribution in [2.75, 3.05) is 0 Å². The summed E-state index contributed by atoms with van der Waals surface area (Å²) in [6.45, 7) is 1.88. The second-order valence-corrected chi connectivity index (χ2v) is 6.03. The number of amides is 1. The Morgan fingerprint density at radius 2 is 1.71 bits per heavy atom. The van der Waals surface area contributed by atoms with Gasteiger partial charge in [0.2, 0.25) is 5.91 Å². The van der Waals surface area contributed by atoms with Crippen LogP contribution in [0.1, 0.15) is 18.1 Å². The SMILES string of the molecule is C/C(=N/NC(=O)Cc1ccc(Cl)cc1)c1ccc2ccccc2c1. The first kappa shape index (κ1) is 16.2. The summed E-state index contributed by atoms with van der Waals surface area (Å²) in [5.41, 5.74) is 5.26. The molecule has 0 saturated carbocycles. The molecule has 0 fully saturated rings. The van der Waals surface area contributed by atoms with Crippen LogP contribution in [0.3, 0.4) is 0 Å². The number of nitrogens with one attached hydrogen (secondary N) is 1. The Morgan fingerprint density at radius 1 is 1.00 bits per heavy atom. The zero-order valence-corrected chi connectivity index (χ0v) is 14.0. The van der Waals surface area contributed by atoms with Crippen LogP contribution < -0.4 is 5.43 Å². The van der Waals surface area contributed by atoms with E-state index < -0.39 is 0 Å². The van der Waals surface area contributed by atoms with Gasteiger partial charge < -0.3 is 0 Å². The summed E-state index contributed by atoms with van der Waals surface area (Å²) in [5.74, 6) is -0.155. The lowest BCUT2D eigenvalue weighted by molar-refractivity contribution is -0.120. The number of hydrazone groups is 1. The predicted octanol–water partition coefficient (Wildman–Crippen LogP) is 4.58. The highest BCUT2D eigenvalue weighted by Gasteiger charge is 2.04. The van der Waals surface area contributed by atoms with Gasteiger partial charge in [-0.15, -0.1) is 0 Å². The Morgan fingerprint density at radius 3 is 2.46 bits per heavy atom. The molecule has 1 N–H and O–H groups in total. The molecule has 3 aromatic rings. The third-order valence-corrected chi connectivity index (χ3v) is 4.05. The predicted molar refractivity (Wildman–Crippen MR) is 99.5 cm³/mol. The van der Waals surface area contributed by atoms with Crippen molar-refractivity contribution in [2.24, 2.45) is 5.10 Å². The molecule has 0 heterocycles. The van der Waals surface area contributed by atoms with Crippen molar-refractivity contribution in [3.63, 3.8) is 0 Å². The second kappa shape index (κ2) is 7.28. The van der Waals surface area contributed by atoms with E-state index in [9.17, 15) is 4.79 Å². The monoisotopic (exact) mass is 336 g/mol. The molecule has 0 radical (unpaired) electrons. The van der Waals surface area contributed by atoms with Gasteiger partial charge in [0.25, 0.3) is 0 Å². The van der Waals surface area contributed by atoms with Crippen molar-refractivity contribution in [1.82, 2.24) is 5.43 Å². The minimum atomic E-state index is -0.155. The van der Waals surface area contributed by atoms with E-state index in [1.807, 2.05) is 37.3 Å². The van der Waals surface area contributed by atoms with Crippen LogP contribution in [0.25, 0.3) is 10.8 Å². The van der Waals surface area contributed by atoms with Crippen molar-refractivity contribution in [3.05, 3.63) is 82.9 Å². The highest BCUT2D eigenvalue weighted by atomic mass is 35.5. The maximum absolute atomic E-state index is 12.0. The van der Waals surface area contributed by atoms with Crippen LogP contribution in [0.5, 0.6) is 0 Å². The number of hydrogen-bond donors (Lipinski definition) is 1. The van der Waals surface area contributed by atoms with Gasteiger partial charge >= 0.3 is 0 Å². The summed E-state index contributed by atoms with van der Waals surface area (Å²) in [7, 11) is 0. The summed E-state index contributed by atoms with van der Waals surface area (Å²) in [5, 5.41) is 7.19. The lowest BCUT2D eigenvalue weighted by atomic mass is 10.0. The maximum atomic E-state index is 12.0. The third-order valence-electron chi connectivity index (χ3n) is 3.79. The Bertz CT molecular complexity index is 901. The Labute approximate surface area is 146 Å². The van der Waals surface area contributed by atoms with E-state index in [0.717, 1.165) is 22.2 Å². The van der Waals surface area contributed by atoms with Crippen LogP contribution >= 0.6 is 11.6 Å². The van der Waals surface area contributed by atoms with Crippen LogP contribution in [0, 0.1) is 0 Å². The largest absolute Gasteiger partial charge is 0.273 e. The van der Waals surface area contributed by atoms with Crippen molar-refractivity contribution >= 4 is 34.0 Å². The van der Waals surface area contributed by atoms with E-state index in [0.29, 0.717) is 5.02 Å². The molecule has 24 heavy (non-hydrogen) atoms. The summed E-state index contributed by atoms with van der Waals surface area (Å²) < 4.78 is 0. The van der Waals surface area contributed by atoms with Gasteiger partial charge in [0.05, 0.1) is 12.1 Å². The average molecular weight is 337 g/mol. The van der Waals surface area contributed by atoms with Crippen LogP contribution in [0.2, 0.25) is 5.02 Å². The molecule has 3 nitrogen and oxygen atoms in total. The van der Waals surface area contributed by atoms with Gasteiger partial charge in [-0.25, -0.2) is 5.43 Å². The van der Waals surface area contributed by atoms with Gasteiger partial charge in [0.1, 0.15) is 0 Å². The number of halogens is 1. The molecule has 0 aliphatic carbocycles. The molecule has 0 aliphatic heterocycles. The fraction of sp³-hybridized carbons (Fsp3) is 0.100. The first-order chi connectivity index (χ1) is 11.6. The Balaban J connectivity index is 1.68. The van der Waals surface area contributed by atoms with E-state index in [1.165, 1.54) is 5.39 Å². The van der Waals surface area contributed by atoms with Crippen LogP contribution in [-0.2, 0) is 11.2 Å². The maximum Gasteiger partial charge on any atom is 0.244 e. The van der Waals surface area contributed by atoms with Gasteiger partial charge in [-0.3, -0.25) is 4.79 Å². The highest BCUT2D eigenvalue weighted by Crippen LogP contribution is 2.16. The van der Waals surface area contributed by atoms with Crippen molar-refractivity contribution in [3.8, 4) is 0 Å². The zero-order chi connectivity index (χ0) is 16.9. The topological polar surface area (TPSA) is 41.5 Å². The van der Waals surface area contributed by atoms with Gasteiger partial charge in [-0.05, 0) is 47.0 Å². The molecule has 0 spiro atoms. The molecular formula is C20H17ClN2O. The molecule has 0 aliphatic rings. The van der Waals surface area contributed by atoms with Crippen molar-refractivity contribution < 1.29 is 4.79 Å². The summed E-state index contributed by atoms with van der Waals surface area (Å²) >= 11 is 5.84. The van der Waals surface area contributed by atoms with E-state index in [4.69, 9.17) is 11.6 Å². The number of carbonyl (C=O) groups excluding carboxylic acids is 1. The molecule has 0 bridgehead atoms. The van der Waals surface area contributed by atoms with E-state index >= 15 is 0 Å². The van der Waals surface area contributed by atoms with Gasteiger partial charge in [-0.1, -0.05) is 60.1 Å². The number of carbonyl (C=O) groups is 1. The molecule has 3 aromatic carbocycles. The molecular weight excluding hydrogens is 320 g/mol. The number of fused-ring (bicyclic) bond motifs is 1. The number of rotatable bonds is 4. The minimum absolute atomic E-state index is 0.155. The van der Waals surface area contributed by atoms with Gasteiger partial charge in [0.15, 0.2) is 0 Å². The number of benzene rings is 3. The third kappa shape index (κ3) is 4.00. The molecule has 120 valence electrons. The summed E-state index contributed by atoms with van der Waals surface area (Å²) in [6, 6.07) is 21.5. The first-order valence-electron chi connectivity index (χ1n) is 7.68. The fourth-order valence-corrected chi connectivity index (χ4v) is 2.58. The van der Waals surface area contributed by atoms with Crippen molar-refractivity contribution in [2.45, 2.75) is 13.3 Å². The standard InChI is InChI=1S/C20H17ClN2O/c1-14(17-9-8-16-4-2-3-5-18(16)13-17)22-23-20(24)12-15-6-10-19(21)11-7-15/h2-11,13H,12H2,1H3,(H,23,24)/b22-14-. The minimum Gasteiger partial charge on any atom is -0.273 e. The zero-order valence-electron chi connectivity index (χ0n) is 13.3. The van der Waals surface area contributed by atoms with E-state index in [-0.39, 0.29) is 12.3 Å². The molecule has 0 atom stereocenters. The Kier molecular flexibility index (Phi) is 4.92. The Hall–Kier alpha value is -2.65. The lowest BCUT2D eigenvalue weighted by Crippen LogP contribution is -2.21. The van der Waals surface area contributed by atoms with Gasteiger partial charge in [-0.2, -0.15) is 5.10 Å². The number of nitrogens with zero attached hydrogens (tertiary/aromatic N) is 1. The molecule has 0 saturated heterocycles. The lowest BCUT2D eigenvalue weighted by Gasteiger charge is -2.05. The van der Waals surface area contributed by atoms with Crippen LogP contribution in [0.4, 0.5) is 0 Å². The average Bonchev–Trinajstić information content (AvgIpc) is 2.61. The second-order valence-electron chi connectivity index (χ2n) is 5.60. The quantitative estimate of drug-likeness (QED) is 0.550. The van der Waals surface area contributed by atoms with E-state index in [1.54, 1.807) is 12.1 Å². The van der Waals surface area contributed by atoms with Gasteiger partial charge in [0, 0.05) is 5.02 Å². The summed E-state index contributed by atoms with van der Waals surface area (Å²) in [4.78, 5) is 12.0. The molecule has 1 amide bonds. The molecule has 0 aromatic heterocycles. The number of hydrogen-bond acceptors (Lipinski definition) is 2. The van der Waals surface area contributed by atoms with Crippen molar-refractivity contribution in [1.29, 1.82) is 0 Å². The smallest absolute Gasteiger partial charge is 0.244 e.